The maximum Gasteiger partial charge on any atom is 0.224 e. The SMILES string of the molecule is CC1CCN(C(=O)CCN)C1c1cccc(F)c1. The molecule has 0 aromatic heterocycles. The molecule has 98 valence electrons. The summed E-state index contributed by atoms with van der Waals surface area (Å²) in [5.41, 5.74) is 6.31. The van der Waals surface area contributed by atoms with E-state index >= 15 is 0 Å². The summed E-state index contributed by atoms with van der Waals surface area (Å²) in [6.45, 7) is 3.20. The molecule has 1 heterocycles. The number of carbonyl (C=O) groups is 1. The highest BCUT2D eigenvalue weighted by Gasteiger charge is 2.35. The van der Waals surface area contributed by atoms with E-state index in [1.807, 2.05) is 11.0 Å². The van der Waals surface area contributed by atoms with Gasteiger partial charge >= 0.3 is 0 Å². The number of carbonyl (C=O) groups excluding carboxylic acids is 1. The Labute approximate surface area is 107 Å². The zero-order valence-corrected chi connectivity index (χ0v) is 10.6. The fourth-order valence-electron chi connectivity index (χ4n) is 2.69. The monoisotopic (exact) mass is 250 g/mol. The predicted octanol–water partition coefficient (Wildman–Crippen LogP) is 2.08. The largest absolute Gasteiger partial charge is 0.335 e. The molecule has 0 aliphatic carbocycles. The Morgan fingerprint density at radius 3 is 3.00 bits per heavy atom. The lowest BCUT2D eigenvalue weighted by atomic mass is 9.95. The number of hydrogen-bond acceptors (Lipinski definition) is 2. The van der Waals surface area contributed by atoms with Gasteiger partial charge in [0, 0.05) is 19.5 Å². The molecule has 3 nitrogen and oxygen atoms in total. The second kappa shape index (κ2) is 5.48. The molecule has 18 heavy (non-hydrogen) atoms. The van der Waals surface area contributed by atoms with Gasteiger partial charge in [-0.05, 0) is 30.0 Å². The number of nitrogens with zero attached hydrogens (tertiary/aromatic N) is 1. The molecule has 1 aliphatic rings. The summed E-state index contributed by atoms with van der Waals surface area (Å²) < 4.78 is 13.3. The zero-order chi connectivity index (χ0) is 13.1. The van der Waals surface area contributed by atoms with E-state index < -0.39 is 0 Å². The van der Waals surface area contributed by atoms with Crippen molar-refractivity contribution in [1.82, 2.24) is 4.90 Å². The maximum absolute atomic E-state index is 13.3. The summed E-state index contributed by atoms with van der Waals surface area (Å²) in [5, 5.41) is 0. The summed E-state index contributed by atoms with van der Waals surface area (Å²) >= 11 is 0. The van der Waals surface area contributed by atoms with E-state index in [1.165, 1.54) is 12.1 Å². The molecule has 0 bridgehead atoms. The van der Waals surface area contributed by atoms with Gasteiger partial charge in [-0.15, -0.1) is 0 Å². The van der Waals surface area contributed by atoms with Crippen molar-refractivity contribution >= 4 is 5.91 Å². The third-order valence-corrected chi connectivity index (χ3v) is 3.57. The van der Waals surface area contributed by atoms with Crippen molar-refractivity contribution in [2.75, 3.05) is 13.1 Å². The van der Waals surface area contributed by atoms with Crippen LogP contribution < -0.4 is 5.73 Å². The molecule has 1 aliphatic heterocycles. The van der Waals surface area contributed by atoms with Gasteiger partial charge in [-0.2, -0.15) is 0 Å². The molecule has 0 radical (unpaired) electrons. The molecular formula is C14H19FN2O. The Hall–Kier alpha value is -1.42. The first kappa shape index (κ1) is 13.0. The number of hydrogen-bond donors (Lipinski definition) is 1. The van der Waals surface area contributed by atoms with Crippen LogP contribution in [0.2, 0.25) is 0 Å². The second-order valence-corrected chi connectivity index (χ2v) is 4.89. The molecular weight excluding hydrogens is 231 g/mol. The van der Waals surface area contributed by atoms with Gasteiger partial charge in [-0.25, -0.2) is 4.39 Å². The van der Waals surface area contributed by atoms with Crippen LogP contribution in [0.25, 0.3) is 0 Å². The molecule has 2 atom stereocenters. The average Bonchev–Trinajstić information content (AvgIpc) is 2.71. The van der Waals surface area contributed by atoms with E-state index in [2.05, 4.69) is 6.92 Å². The summed E-state index contributed by atoms with van der Waals surface area (Å²) in [5.74, 6) is 0.169. The molecule has 1 aromatic carbocycles. The minimum atomic E-state index is -0.252. The highest BCUT2D eigenvalue weighted by molar-refractivity contribution is 5.77. The van der Waals surface area contributed by atoms with Gasteiger partial charge < -0.3 is 10.6 Å². The minimum absolute atomic E-state index is 0.0141. The lowest BCUT2D eigenvalue weighted by Gasteiger charge is -2.27. The van der Waals surface area contributed by atoms with Crippen LogP contribution in [-0.4, -0.2) is 23.9 Å². The fraction of sp³-hybridized carbons (Fsp3) is 0.500. The Morgan fingerprint density at radius 1 is 1.56 bits per heavy atom. The molecule has 1 aromatic rings. The molecule has 1 fully saturated rings. The van der Waals surface area contributed by atoms with Crippen molar-refractivity contribution in [3.63, 3.8) is 0 Å². The number of benzene rings is 1. The Bertz CT molecular complexity index is 436. The third kappa shape index (κ3) is 2.53. The Kier molecular flexibility index (Phi) is 3.97. The van der Waals surface area contributed by atoms with Crippen LogP contribution in [0.4, 0.5) is 4.39 Å². The quantitative estimate of drug-likeness (QED) is 0.892. The number of amides is 1. The van der Waals surface area contributed by atoms with Gasteiger partial charge in [0.15, 0.2) is 0 Å². The van der Waals surface area contributed by atoms with E-state index in [0.29, 0.717) is 18.9 Å². The van der Waals surface area contributed by atoms with Crippen molar-refractivity contribution in [2.45, 2.75) is 25.8 Å². The van der Waals surface area contributed by atoms with Crippen LogP contribution >= 0.6 is 0 Å². The van der Waals surface area contributed by atoms with E-state index in [-0.39, 0.29) is 17.8 Å². The lowest BCUT2D eigenvalue weighted by molar-refractivity contribution is -0.132. The van der Waals surface area contributed by atoms with Crippen molar-refractivity contribution < 1.29 is 9.18 Å². The van der Waals surface area contributed by atoms with E-state index in [0.717, 1.165) is 18.5 Å². The van der Waals surface area contributed by atoms with Crippen LogP contribution in [-0.2, 0) is 4.79 Å². The van der Waals surface area contributed by atoms with Crippen LogP contribution in [0.5, 0.6) is 0 Å². The molecule has 2 N–H and O–H groups in total. The van der Waals surface area contributed by atoms with Crippen LogP contribution in [0.15, 0.2) is 24.3 Å². The Morgan fingerprint density at radius 2 is 2.33 bits per heavy atom. The first-order valence-corrected chi connectivity index (χ1v) is 6.38. The standard InChI is InChI=1S/C14H19FN2O/c1-10-6-8-17(13(18)5-7-16)14(10)11-3-2-4-12(15)9-11/h2-4,9-10,14H,5-8,16H2,1H3. The van der Waals surface area contributed by atoms with Gasteiger partial charge in [-0.1, -0.05) is 19.1 Å². The van der Waals surface area contributed by atoms with Crippen molar-refractivity contribution in [3.8, 4) is 0 Å². The third-order valence-electron chi connectivity index (χ3n) is 3.57. The maximum atomic E-state index is 13.3. The summed E-state index contributed by atoms with van der Waals surface area (Å²) in [4.78, 5) is 13.9. The minimum Gasteiger partial charge on any atom is -0.335 e. The number of halogens is 1. The summed E-state index contributed by atoms with van der Waals surface area (Å²) in [7, 11) is 0. The number of likely N-dealkylation sites (tertiary alicyclic amines) is 1. The highest BCUT2D eigenvalue weighted by atomic mass is 19.1. The summed E-state index contributed by atoms with van der Waals surface area (Å²) in [6.07, 6.45) is 1.32. The first-order valence-electron chi connectivity index (χ1n) is 6.38. The van der Waals surface area contributed by atoms with Crippen molar-refractivity contribution in [1.29, 1.82) is 0 Å². The Balaban J connectivity index is 2.25. The molecule has 2 unspecified atom stereocenters. The summed E-state index contributed by atoms with van der Waals surface area (Å²) in [6, 6.07) is 6.52. The normalized spacial score (nSPS) is 23.4. The van der Waals surface area contributed by atoms with E-state index in [1.54, 1.807) is 6.07 Å². The van der Waals surface area contributed by atoms with Gasteiger partial charge in [0.05, 0.1) is 6.04 Å². The smallest absolute Gasteiger partial charge is 0.224 e. The average molecular weight is 250 g/mol. The van der Waals surface area contributed by atoms with Gasteiger partial charge in [0.1, 0.15) is 5.82 Å². The predicted molar refractivity (Wildman–Crippen MR) is 68.3 cm³/mol. The van der Waals surface area contributed by atoms with Gasteiger partial charge in [0.2, 0.25) is 5.91 Å². The van der Waals surface area contributed by atoms with Gasteiger partial charge in [0.25, 0.3) is 0 Å². The number of nitrogens with two attached hydrogens (primary N) is 1. The molecule has 1 amide bonds. The van der Waals surface area contributed by atoms with Crippen LogP contribution in [0.1, 0.15) is 31.4 Å². The van der Waals surface area contributed by atoms with Crippen LogP contribution in [0.3, 0.4) is 0 Å². The van der Waals surface area contributed by atoms with E-state index in [4.69, 9.17) is 5.73 Å². The molecule has 0 spiro atoms. The van der Waals surface area contributed by atoms with Crippen molar-refractivity contribution in [3.05, 3.63) is 35.6 Å². The topological polar surface area (TPSA) is 46.3 Å². The molecule has 4 heteroatoms. The number of rotatable bonds is 3. The molecule has 0 saturated carbocycles. The lowest BCUT2D eigenvalue weighted by Crippen LogP contribution is -2.33. The second-order valence-electron chi connectivity index (χ2n) is 4.89. The van der Waals surface area contributed by atoms with E-state index in [9.17, 15) is 9.18 Å². The van der Waals surface area contributed by atoms with Crippen molar-refractivity contribution in [2.24, 2.45) is 11.7 Å². The molecule has 2 rings (SSSR count). The zero-order valence-electron chi connectivity index (χ0n) is 10.6. The van der Waals surface area contributed by atoms with Crippen LogP contribution in [0, 0.1) is 11.7 Å². The fourth-order valence-corrected chi connectivity index (χ4v) is 2.69. The van der Waals surface area contributed by atoms with Gasteiger partial charge in [-0.3, -0.25) is 4.79 Å². The molecule has 1 saturated heterocycles. The first-order chi connectivity index (χ1) is 8.63. The highest BCUT2D eigenvalue weighted by Crippen LogP contribution is 2.37.